The number of hydrogen-bond donors (Lipinski definition) is 3. The maximum absolute atomic E-state index is 13.5. The number of aromatic nitrogens is 3. The predicted octanol–water partition coefficient (Wildman–Crippen LogP) is 3.82. The number of morpholine rings is 1. The number of fused-ring (bicyclic) bond motifs is 3. The number of carbonyl (C=O) groups is 2. The van der Waals surface area contributed by atoms with Crippen LogP contribution >= 0.6 is 11.6 Å². The quantitative estimate of drug-likeness (QED) is 0.390. The van der Waals surface area contributed by atoms with E-state index in [4.69, 9.17) is 16.3 Å². The average molecular weight is 493 g/mol. The second kappa shape index (κ2) is 9.26. The Morgan fingerprint density at radius 2 is 2.06 bits per heavy atom. The van der Waals surface area contributed by atoms with Crippen LogP contribution in [-0.2, 0) is 14.3 Å². The first-order chi connectivity index (χ1) is 16.8. The van der Waals surface area contributed by atoms with Crippen LogP contribution in [0.1, 0.15) is 13.8 Å². The average Bonchev–Trinajstić information content (AvgIpc) is 3.18. The molecule has 3 N–H and O–H groups in total. The monoisotopic (exact) mass is 492 g/mol. The number of hydrogen-bond acceptors (Lipinski definition) is 6. The molecule has 1 saturated heterocycles. The Bertz CT molecular complexity index is 1400. The van der Waals surface area contributed by atoms with E-state index in [1.165, 1.54) is 0 Å². The number of carbonyl (C=O) groups excluding carboxylic acids is 2. The highest BCUT2D eigenvalue weighted by molar-refractivity contribution is 6.33. The van der Waals surface area contributed by atoms with Crippen LogP contribution < -0.4 is 10.6 Å². The smallest absolute Gasteiger partial charge is 0.244 e. The summed E-state index contributed by atoms with van der Waals surface area (Å²) < 4.78 is 5.94. The molecule has 3 aromatic heterocycles. The lowest BCUT2D eigenvalue weighted by molar-refractivity contribution is -0.145. The molecule has 35 heavy (non-hydrogen) atoms. The van der Waals surface area contributed by atoms with Crippen molar-refractivity contribution in [2.75, 3.05) is 30.3 Å². The number of halogens is 1. The van der Waals surface area contributed by atoms with E-state index in [0.717, 1.165) is 21.8 Å². The van der Waals surface area contributed by atoms with Crippen LogP contribution in [0.15, 0.2) is 55.0 Å². The standard InChI is InChI=1S/C25H25ClN6O3/c1-25(2)14-32(12-22(33)31-21-5-3-4-7-28-21)20(13-35-25)24(34)30-18-10-15(26)9-17-16-6-8-27-11-19(16)29-23(17)18/h3-11,20,29H,12-14H2,1-2H3,(H,30,34)(H,28,31,33)/t20-/m0/s1. The summed E-state index contributed by atoms with van der Waals surface area (Å²) in [5, 5.41) is 8.12. The Kier molecular flexibility index (Phi) is 6.14. The molecule has 180 valence electrons. The highest BCUT2D eigenvalue weighted by atomic mass is 35.5. The first-order valence-corrected chi connectivity index (χ1v) is 11.6. The minimum absolute atomic E-state index is 0.0183. The Morgan fingerprint density at radius 1 is 1.20 bits per heavy atom. The van der Waals surface area contributed by atoms with Crippen molar-refractivity contribution in [2.24, 2.45) is 0 Å². The van der Waals surface area contributed by atoms with Crippen molar-refractivity contribution in [2.45, 2.75) is 25.5 Å². The second-order valence-electron chi connectivity index (χ2n) is 9.17. The molecule has 10 heteroatoms. The van der Waals surface area contributed by atoms with Gasteiger partial charge in [0.2, 0.25) is 11.8 Å². The molecule has 1 aliphatic heterocycles. The number of amides is 2. The van der Waals surface area contributed by atoms with Gasteiger partial charge in [-0.15, -0.1) is 0 Å². The van der Waals surface area contributed by atoms with E-state index in [0.29, 0.717) is 23.1 Å². The van der Waals surface area contributed by atoms with Crippen molar-refractivity contribution < 1.29 is 14.3 Å². The van der Waals surface area contributed by atoms with Gasteiger partial charge in [0.05, 0.1) is 41.7 Å². The minimum Gasteiger partial charge on any atom is -0.372 e. The summed E-state index contributed by atoms with van der Waals surface area (Å²) >= 11 is 6.39. The number of anilines is 2. The van der Waals surface area contributed by atoms with Gasteiger partial charge in [0.1, 0.15) is 11.9 Å². The van der Waals surface area contributed by atoms with Crippen molar-refractivity contribution in [1.82, 2.24) is 19.9 Å². The molecule has 0 aliphatic carbocycles. The number of nitrogens with one attached hydrogen (secondary N) is 3. The maximum Gasteiger partial charge on any atom is 0.244 e. The van der Waals surface area contributed by atoms with Crippen molar-refractivity contribution >= 4 is 56.7 Å². The van der Waals surface area contributed by atoms with Crippen molar-refractivity contribution in [3.8, 4) is 0 Å². The van der Waals surface area contributed by atoms with Crippen LogP contribution in [-0.4, -0.2) is 63.0 Å². The normalized spacial score (nSPS) is 18.0. The summed E-state index contributed by atoms with van der Waals surface area (Å²) in [6.45, 7) is 4.44. The molecule has 1 fully saturated rings. The van der Waals surface area contributed by atoms with E-state index in [1.807, 2.05) is 30.9 Å². The zero-order valence-electron chi connectivity index (χ0n) is 19.3. The van der Waals surface area contributed by atoms with Gasteiger partial charge in [-0.25, -0.2) is 4.98 Å². The zero-order valence-corrected chi connectivity index (χ0v) is 20.1. The molecule has 1 atom stereocenters. The first-order valence-electron chi connectivity index (χ1n) is 11.2. The molecular formula is C25H25ClN6O3. The molecule has 0 spiro atoms. The highest BCUT2D eigenvalue weighted by Crippen LogP contribution is 2.33. The van der Waals surface area contributed by atoms with E-state index < -0.39 is 11.6 Å². The molecular weight excluding hydrogens is 468 g/mol. The topological polar surface area (TPSA) is 112 Å². The van der Waals surface area contributed by atoms with E-state index in [2.05, 4.69) is 25.6 Å². The Hall–Kier alpha value is -3.53. The van der Waals surface area contributed by atoms with Gasteiger partial charge in [0, 0.05) is 34.7 Å². The molecule has 0 unspecified atom stereocenters. The number of nitrogens with zero attached hydrogens (tertiary/aromatic N) is 3. The summed E-state index contributed by atoms with van der Waals surface area (Å²) in [4.78, 5) is 39.6. The van der Waals surface area contributed by atoms with E-state index in [-0.39, 0.29) is 25.0 Å². The summed E-state index contributed by atoms with van der Waals surface area (Å²) in [6.07, 6.45) is 5.05. The molecule has 1 aliphatic rings. The molecule has 2 amide bonds. The van der Waals surface area contributed by atoms with E-state index in [9.17, 15) is 9.59 Å². The summed E-state index contributed by atoms with van der Waals surface area (Å²) in [7, 11) is 0. The summed E-state index contributed by atoms with van der Waals surface area (Å²) in [5.41, 5.74) is 1.64. The van der Waals surface area contributed by atoms with Crippen molar-refractivity contribution in [3.05, 3.63) is 60.0 Å². The van der Waals surface area contributed by atoms with Gasteiger partial charge >= 0.3 is 0 Å². The molecule has 5 rings (SSSR count). The number of ether oxygens (including phenoxy) is 1. The van der Waals surface area contributed by atoms with E-state index >= 15 is 0 Å². The molecule has 0 saturated carbocycles. The molecule has 9 nitrogen and oxygen atoms in total. The van der Waals surface area contributed by atoms with Crippen LogP contribution in [0.4, 0.5) is 11.5 Å². The SMILES string of the molecule is CC1(C)CN(CC(=O)Nc2ccccn2)[C@H](C(=O)Nc2cc(Cl)cc3c2[nH]c2cnccc23)CO1. The van der Waals surface area contributed by atoms with Gasteiger partial charge in [-0.2, -0.15) is 0 Å². The molecule has 0 bridgehead atoms. The lowest BCUT2D eigenvalue weighted by Gasteiger charge is -2.42. The van der Waals surface area contributed by atoms with E-state index in [1.54, 1.807) is 42.9 Å². The fraction of sp³-hybridized carbons (Fsp3) is 0.280. The fourth-order valence-electron chi connectivity index (χ4n) is 4.40. The number of pyridine rings is 2. The van der Waals surface area contributed by atoms with Crippen LogP contribution in [0, 0.1) is 0 Å². The lowest BCUT2D eigenvalue weighted by atomic mass is 10.0. The third-order valence-electron chi connectivity index (χ3n) is 5.97. The summed E-state index contributed by atoms with van der Waals surface area (Å²) in [6, 6.07) is 10.1. The fourth-order valence-corrected chi connectivity index (χ4v) is 4.62. The van der Waals surface area contributed by atoms with Gasteiger partial charge in [0.25, 0.3) is 0 Å². The van der Waals surface area contributed by atoms with Gasteiger partial charge in [-0.3, -0.25) is 19.5 Å². The predicted molar refractivity (Wildman–Crippen MR) is 135 cm³/mol. The molecule has 4 aromatic rings. The number of rotatable bonds is 5. The third kappa shape index (κ3) is 4.97. The Morgan fingerprint density at radius 3 is 2.86 bits per heavy atom. The second-order valence-corrected chi connectivity index (χ2v) is 9.60. The van der Waals surface area contributed by atoms with Crippen LogP contribution in [0.3, 0.4) is 0 Å². The highest BCUT2D eigenvalue weighted by Gasteiger charge is 2.38. The number of benzene rings is 1. The number of H-pyrrole nitrogens is 1. The van der Waals surface area contributed by atoms with Crippen molar-refractivity contribution in [1.29, 1.82) is 0 Å². The molecule has 0 radical (unpaired) electrons. The lowest BCUT2D eigenvalue weighted by Crippen LogP contribution is -2.59. The van der Waals surface area contributed by atoms with Gasteiger partial charge < -0.3 is 20.4 Å². The van der Waals surface area contributed by atoms with Crippen LogP contribution in [0.25, 0.3) is 21.8 Å². The summed E-state index contributed by atoms with van der Waals surface area (Å²) in [5.74, 6) is -0.0837. The third-order valence-corrected chi connectivity index (χ3v) is 6.19. The largest absolute Gasteiger partial charge is 0.372 e. The van der Waals surface area contributed by atoms with Gasteiger partial charge in [-0.1, -0.05) is 17.7 Å². The number of aromatic amines is 1. The van der Waals surface area contributed by atoms with Gasteiger partial charge in [0.15, 0.2) is 0 Å². The maximum atomic E-state index is 13.5. The molecule has 1 aromatic carbocycles. The van der Waals surface area contributed by atoms with Crippen LogP contribution in [0.5, 0.6) is 0 Å². The van der Waals surface area contributed by atoms with Crippen LogP contribution in [0.2, 0.25) is 5.02 Å². The first kappa shape index (κ1) is 23.2. The minimum atomic E-state index is -0.669. The Labute approximate surface area is 206 Å². The Balaban J connectivity index is 1.39. The molecule has 4 heterocycles. The van der Waals surface area contributed by atoms with Crippen molar-refractivity contribution in [3.63, 3.8) is 0 Å². The zero-order chi connectivity index (χ0) is 24.6. The van der Waals surface area contributed by atoms with Gasteiger partial charge in [-0.05, 0) is 44.2 Å².